The number of rotatable bonds is 13. The van der Waals surface area contributed by atoms with Crippen LogP contribution in [0.25, 0.3) is 0 Å². The number of aliphatic carboxylic acids is 3. The van der Waals surface area contributed by atoms with Gasteiger partial charge >= 0.3 is 24.0 Å². The molecule has 5 N–H and O–H groups in total. The molecule has 1 rings (SSSR count). The highest BCUT2D eigenvalue weighted by molar-refractivity contribution is 5.94. The Bertz CT molecular complexity index is 792. The monoisotopic (exact) mass is 438 g/mol. The van der Waals surface area contributed by atoms with Crippen molar-refractivity contribution >= 4 is 29.9 Å². The molecule has 0 aromatic heterocycles. The molecule has 0 fully saturated rings. The summed E-state index contributed by atoms with van der Waals surface area (Å²) < 4.78 is 4.63. The summed E-state index contributed by atoms with van der Waals surface area (Å²) in [6.45, 7) is 2.21. The molecule has 0 saturated carbocycles. The normalized spacial score (nSPS) is 12.3. The van der Waals surface area contributed by atoms with Crippen molar-refractivity contribution in [2.45, 2.75) is 51.2 Å². The number of carboxylic acid groups (broad SMARTS) is 3. The lowest BCUT2D eigenvalue weighted by molar-refractivity contribution is -0.148. The molecule has 0 spiro atoms. The second-order valence-electron chi connectivity index (χ2n) is 6.82. The van der Waals surface area contributed by atoms with Gasteiger partial charge in [-0.3, -0.25) is 9.59 Å². The summed E-state index contributed by atoms with van der Waals surface area (Å²) in [6, 6.07) is 5.69. The SMILES string of the molecule is Cc1ccc(C(=O)NCCCC[C@H](NC(=O)OC(CCC(=O)O)C(=O)O)C(=O)O)cc1. The maximum absolute atomic E-state index is 12.0. The number of hydrogen-bond donors (Lipinski definition) is 5. The van der Waals surface area contributed by atoms with E-state index in [1.165, 1.54) is 0 Å². The summed E-state index contributed by atoms with van der Waals surface area (Å²) in [7, 11) is 0. The smallest absolute Gasteiger partial charge is 0.408 e. The van der Waals surface area contributed by atoms with Crippen LogP contribution in [0.15, 0.2) is 24.3 Å². The first-order valence-corrected chi connectivity index (χ1v) is 9.59. The van der Waals surface area contributed by atoms with Gasteiger partial charge in [0.25, 0.3) is 5.91 Å². The number of aryl methyl sites for hydroxylation is 1. The van der Waals surface area contributed by atoms with E-state index in [1.54, 1.807) is 12.1 Å². The third-order valence-electron chi connectivity index (χ3n) is 4.25. The highest BCUT2D eigenvalue weighted by Gasteiger charge is 2.26. The van der Waals surface area contributed by atoms with Crippen LogP contribution in [-0.4, -0.2) is 63.9 Å². The minimum atomic E-state index is -1.71. The molecular formula is C20H26N2O9. The Balaban J connectivity index is 2.41. The van der Waals surface area contributed by atoms with Gasteiger partial charge in [-0.1, -0.05) is 17.7 Å². The zero-order valence-corrected chi connectivity index (χ0v) is 17.0. The van der Waals surface area contributed by atoms with E-state index in [2.05, 4.69) is 15.4 Å². The summed E-state index contributed by atoms with van der Waals surface area (Å²) in [6.07, 6.45) is -3.11. The van der Waals surface area contributed by atoms with Crippen LogP contribution in [-0.2, 0) is 19.1 Å². The Labute approximate surface area is 178 Å². The highest BCUT2D eigenvalue weighted by atomic mass is 16.6. The highest BCUT2D eigenvalue weighted by Crippen LogP contribution is 2.07. The van der Waals surface area contributed by atoms with Gasteiger partial charge in [0, 0.05) is 24.9 Å². The van der Waals surface area contributed by atoms with Crippen molar-refractivity contribution in [1.29, 1.82) is 0 Å². The summed E-state index contributed by atoms with van der Waals surface area (Å²) in [5.74, 6) is -4.38. The summed E-state index contributed by atoms with van der Waals surface area (Å²) in [5.41, 5.74) is 1.54. The number of ether oxygens (including phenoxy) is 1. The van der Waals surface area contributed by atoms with Crippen molar-refractivity contribution in [3.05, 3.63) is 35.4 Å². The standard InChI is InChI=1S/C20H26N2O9/c1-12-5-7-13(8-6-12)17(25)21-11-3-2-4-14(18(26)27)22-20(30)31-15(19(28)29)9-10-16(23)24/h5-8,14-15H,2-4,9-11H2,1H3,(H,21,25)(H,22,30)(H,23,24)(H,26,27)(H,28,29)/t14-,15?/m0/s1. The lowest BCUT2D eigenvalue weighted by Gasteiger charge is -2.17. The third kappa shape index (κ3) is 10.1. The summed E-state index contributed by atoms with van der Waals surface area (Å²) >= 11 is 0. The Morgan fingerprint density at radius 2 is 1.58 bits per heavy atom. The van der Waals surface area contributed by atoms with Gasteiger partial charge in [-0.2, -0.15) is 0 Å². The fourth-order valence-corrected chi connectivity index (χ4v) is 2.53. The first kappa shape index (κ1) is 25.4. The van der Waals surface area contributed by atoms with Crippen molar-refractivity contribution in [3.8, 4) is 0 Å². The fourth-order valence-electron chi connectivity index (χ4n) is 2.53. The molecule has 2 atom stereocenters. The lowest BCUT2D eigenvalue weighted by Crippen LogP contribution is -2.43. The maximum Gasteiger partial charge on any atom is 0.408 e. The van der Waals surface area contributed by atoms with E-state index < -0.39 is 49.0 Å². The molecule has 0 aliphatic heterocycles. The molecular weight excluding hydrogens is 412 g/mol. The maximum atomic E-state index is 12.0. The quantitative estimate of drug-likeness (QED) is 0.284. The second kappa shape index (κ2) is 12.8. The molecule has 0 bridgehead atoms. The molecule has 11 nitrogen and oxygen atoms in total. The second-order valence-corrected chi connectivity index (χ2v) is 6.82. The van der Waals surface area contributed by atoms with Crippen molar-refractivity contribution in [1.82, 2.24) is 10.6 Å². The van der Waals surface area contributed by atoms with Gasteiger partial charge in [-0.05, 0) is 38.3 Å². The zero-order chi connectivity index (χ0) is 23.4. The van der Waals surface area contributed by atoms with Crippen molar-refractivity contribution in [3.63, 3.8) is 0 Å². The van der Waals surface area contributed by atoms with Crippen molar-refractivity contribution in [2.75, 3.05) is 6.54 Å². The van der Waals surface area contributed by atoms with E-state index in [4.69, 9.17) is 10.2 Å². The van der Waals surface area contributed by atoms with Gasteiger partial charge in [0.1, 0.15) is 6.04 Å². The van der Waals surface area contributed by atoms with Gasteiger partial charge in [-0.25, -0.2) is 14.4 Å². The minimum Gasteiger partial charge on any atom is -0.481 e. The molecule has 0 aliphatic rings. The molecule has 11 heteroatoms. The largest absolute Gasteiger partial charge is 0.481 e. The molecule has 0 radical (unpaired) electrons. The number of unbranched alkanes of at least 4 members (excludes halogenated alkanes) is 1. The molecule has 0 aliphatic carbocycles. The average Bonchev–Trinajstić information content (AvgIpc) is 2.69. The first-order chi connectivity index (χ1) is 14.6. The number of amides is 2. The van der Waals surface area contributed by atoms with Crippen LogP contribution >= 0.6 is 0 Å². The van der Waals surface area contributed by atoms with Gasteiger partial charge in [0.15, 0.2) is 0 Å². The van der Waals surface area contributed by atoms with Crippen molar-refractivity contribution in [2.24, 2.45) is 0 Å². The Morgan fingerprint density at radius 1 is 0.935 bits per heavy atom. The average molecular weight is 438 g/mol. The molecule has 1 aromatic rings. The molecule has 1 unspecified atom stereocenters. The van der Waals surface area contributed by atoms with Crippen LogP contribution in [0.1, 0.15) is 48.0 Å². The fraction of sp³-hybridized carbons (Fsp3) is 0.450. The van der Waals surface area contributed by atoms with Gasteiger partial charge in [0.05, 0.1) is 0 Å². The van der Waals surface area contributed by atoms with Gasteiger partial charge in [0.2, 0.25) is 6.10 Å². The first-order valence-electron chi connectivity index (χ1n) is 9.59. The van der Waals surface area contributed by atoms with Crippen LogP contribution in [0, 0.1) is 6.92 Å². The Hall–Kier alpha value is -3.63. The van der Waals surface area contributed by atoms with E-state index in [0.29, 0.717) is 24.9 Å². The Kier molecular flexibility index (Phi) is 10.5. The molecule has 2 amide bonds. The predicted molar refractivity (Wildman–Crippen MR) is 107 cm³/mol. The molecule has 1 aromatic carbocycles. The Morgan fingerprint density at radius 3 is 2.13 bits per heavy atom. The van der Waals surface area contributed by atoms with Crippen LogP contribution in [0.5, 0.6) is 0 Å². The zero-order valence-electron chi connectivity index (χ0n) is 17.0. The number of benzene rings is 1. The van der Waals surface area contributed by atoms with Crippen LogP contribution in [0.4, 0.5) is 4.79 Å². The van der Waals surface area contributed by atoms with E-state index >= 15 is 0 Å². The number of carbonyl (C=O) groups excluding carboxylic acids is 2. The minimum absolute atomic E-state index is 0.0255. The third-order valence-corrected chi connectivity index (χ3v) is 4.25. The molecule has 0 heterocycles. The number of nitrogens with one attached hydrogen (secondary N) is 2. The van der Waals surface area contributed by atoms with Crippen molar-refractivity contribution < 1.29 is 44.0 Å². The molecule has 170 valence electrons. The number of carboxylic acids is 3. The van der Waals surface area contributed by atoms with E-state index in [-0.39, 0.29) is 12.3 Å². The van der Waals surface area contributed by atoms with Crippen LogP contribution in [0.2, 0.25) is 0 Å². The number of hydrogen-bond acceptors (Lipinski definition) is 6. The van der Waals surface area contributed by atoms with Gasteiger partial charge < -0.3 is 30.7 Å². The van der Waals surface area contributed by atoms with Crippen LogP contribution in [0.3, 0.4) is 0 Å². The van der Waals surface area contributed by atoms with E-state index in [9.17, 15) is 29.1 Å². The topological polar surface area (TPSA) is 179 Å². The lowest BCUT2D eigenvalue weighted by atomic mass is 10.1. The summed E-state index contributed by atoms with van der Waals surface area (Å²) in [5, 5.41) is 31.6. The molecule has 31 heavy (non-hydrogen) atoms. The molecule has 0 saturated heterocycles. The number of alkyl carbamates (subject to hydrolysis) is 1. The van der Waals surface area contributed by atoms with E-state index in [1.807, 2.05) is 19.1 Å². The number of carbonyl (C=O) groups is 5. The predicted octanol–water partition coefficient (Wildman–Crippen LogP) is 1.39. The van der Waals surface area contributed by atoms with E-state index in [0.717, 1.165) is 5.56 Å². The van der Waals surface area contributed by atoms with Crippen LogP contribution < -0.4 is 10.6 Å². The van der Waals surface area contributed by atoms with Gasteiger partial charge in [-0.15, -0.1) is 0 Å². The summed E-state index contributed by atoms with van der Waals surface area (Å²) in [4.78, 5) is 56.7.